The van der Waals surface area contributed by atoms with Crippen molar-refractivity contribution in [1.82, 2.24) is 10.5 Å². The number of carbonyl (C=O) groups is 1. The molecule has 0 aliphatic carbocycles. The molecule has 0 aliphatic heterocycles. The molecule has 4 nitrogen and oxygen atoms in total. The van der Waals surface area contributed by atoms with Gasteiger partial charge in [-0.2, -0.15) is 0 Å². The lowest BCUT2D eigenvalue weighted by atomic mass is 10.3. The highest BCUT2D eigenvalue weighted by Crippen LogP contribution is 2.01. The number of hydrogen-bond donors (Lipinski definition) is 1. The summed E-state index contributed by atoms with van der Waals surface area (Å²) in [6.07, 6.45) is 0. The second-order valence-corrected chi connectivity index (χ2v) is 3.56. The summed E-state index contributed by atoms with van der Waals surface area (Å²) >= 11 is 5.66. The molecule has 72 valence electrons. The third-order valence-electron chi connectivity index (χ3n) is 1.40. The van der Waals surface area contributed by atoms with Gasteiger partial charge in [-0.1, -0.05) is 5.16 Å². The van der Waals surface area contributed by atoms with Gasteiger partial charge in [0.15, 0.2) is 5.69 Å². The smallest absolute Gasteiger partial charge is 0.273 e. The van der Waals surface area contributed by atoms with Gasteiger partial charge in [0, 0.05) is 18.0 Å². The van der Waals surface area contributed by atoms with Crippen LogP contribution in [0.3, 0.4) is 0 Å². The summed E-state index contributed by atoms with van der Waals surface area (Å²) in [6.45, 7) is 3.95. The van der Waals surface area contributed by atoms with Gasteiger partial charge in [0.05, 0.1) is 0 Å². The highest BCUT2D eigenvalue weighted by Gasteiger charge is 2.10. The highest BCUT2D eigenvalue weighted by molar-refractivity contribution is 6.20. The standard InChI is InChI=1S/C8H11ClN2O2/c1-5(9)4-10-8(12)7-3-6(2)13-11-7/h3,5H,4H2,1-2H3,(H,10,12). The van der Waals surface area contributed by atoms with Gasteiger partial charge in [-0.3, -0.25) is 4.79 Å². The van der Waals surface area contributed by atoms with Gasteiger partial charge in [0.2, 0.25) is 0 Å². The predicted octanol–water partition coefficient (Wildman–Crippen LogP) is 1.34. The first-order valence-electron chi connectivity index (χ1n) is 3.95. The zero-order valence-electron chi connectivity index (χ0n) is 7.50. The van der Waals surface area contributed by atoms with Gasteiger partial charge in [-0.05, 0) is 13.8 Å². The largest absolute Gasteiger partial charge is 0.361 e. The number of aryl methyl sites for hydroxylation is 1. The van der Waals surface area contributed by atoms with Crippen LogP contribution in [-0.4, -0.2) is 23.0 Å². The number of nitrogens with zero attached hydrogens (tertiary/aromatic N) is 1. The van der Waals surface area contributed by atoms with Crippen molar-refractivity contribution in [3.8, 4) is 0 Å². The Kier molecular flexibility index (Phi) is 3.31. The number of aromatic nitrogens is 1. The lowest BCUT2D eigenvalue weighted by molar-refractivity contribution is 0.0945. The first kappa shape index (κ1) is 10.1. The Hall–Kier alpha value is -1.03. The number of hydrogen-bond acceptors (Lipinski definition) is 3. The van der Waals surface area contributed by atoms with E-state index >= 15 is 0 Å². The number of halogens is 1. The lowest BCUT2D eigenvalue weighted by Gasteiger charge is -2.02. The third kappa shape index (κ3) is 3.06. The molecule has 0 saturated heterocycles. The minimum absolute atomic E-state index is 0.0862. The molecule has 1 aromatic heterocycles. The van der Waals surface area contributed by atoms with E-state index in [1.165, 1.54) is 0 Å². The van der Waals surface area contributed by atoms with Crippen LogP contribution in [0.25, 0.3) is 0 Å². The Balaban J connectivity index is 2.49. The molecule has 1 heterocycles. The van der Waals surface area contributed by atoms with Crippen LogP contribution in [0, 0.1) is 6.92 Å². The number of rotatable bonds is 3. The van der Waals surface area contributed by atoms with Gasteiger partial charge in [-0.25, -0.2) is 0 Å². The lowest BCUT2D eigenvalue weighted by Crippen LogP contribution is -2.28. The van der Waals surface area contributed by atoms with Crippen molar-refractivity contribution in [2.45, 2.75) is 19.2 Å². The Bertz CT molecular complexity index is 296. The van der Waals surface area contributed by atoms with Crippen LogP contribution in [0.5, 0.6) is 0 Å². The Morgan fingerprint density at radius 1 is 1.85 bits per heavy atom. The van der Waals surface area contributed by atoms with Crippen LogP contribution in [-0.2, 0) is 0 Å². The molecule has 1 aromatic rings. The van der Waals surface area contributed by atoms with Crippen LogP contribution < -0.4 is 5.32 Å². The normalized spacial score (nSPS) is 12.5. The van der Waals surface area contributed by atoms with Crippen LogP contribution >= 0.6 is 11.6 Å². The first-order valence-corrected chi connectivity index (χ1v) is 4.39. The molecule has 5 heteroatoms. The van der Waals surface area contributed by atoms with Gasteiger partial charge in [0.25, 0.3) is 5.91 Å². The SMILES string of the molecule is Cc1cc(C(=O)NCC(C)Cl)no1. The predicted molar refractivity (Wildman–Crippen MR) is 48.9 cm³/mol. The monoisotopic (exact) mass is 202 g/mol. The number of alkyl halides is 1. The summed E-state index contributed by atoms with van der Waals surface area (Å²) in [5.41, 5.74) is 0.287. The second-order valence-electron chi connectivity index (χ2n) is 2.81. The second kappa shape index (κ2) is 4.28. The van der Waals surface area contributed by atoms with E-state index in [0.29, 0.717) is 12.3 Å². The molecule has 13 heavy (non-hydrogen) atoms. The minimum atomic E-state index is -0.260. The molecule has 0 aliphatic rings. The van der Waals surface area contributed by atoms with Crippen LogP contribution in [0.2, 0.25) is 0 Å². The molecule has 0 fully saturated rings. The average molecular weight is 203 g/mol. The Morgan fingerprint density at radius 3 is 3.00 bits per heavy atom. The summed E-state index contributed by atoms with van der Waals surface area (Å²) in [7, 11) is 0. The van der Waals surface area contributed by atoms with Gasteiger partial charge in [-0.15, -0.1) is 11.6 Å². The molecule has 0 spiro atoms. The van der Waals surface area contributed by atoms with E-state index in [1.54, 1.807) is 19.9 Å². The molecule has 0 bridgehead atoms. The molecular weight excluding hydrogens is 192 g/mol. The molecular formula is C8H11ClN2O2. The minimum Gasteiger partial charge on any atom is -0.361 e. The first-order chi connectivity index (χ1) is 6.09. The average Bonchev–Trinajstić information content (AvgIpc) is 2.47. The Morgan fingerprint density at radius 2 is 2.54 bits per heavy atom. The summed E-state index contributed by atoms with van der Waals surface area (Å²) in [4.78, 5) is 11.3. The van der Waals surface area contributed by atoms with Crippen LogP contribution in [0.15, 0.2) is 10.6 Å². The quantitative estimate of drug-likeness (QED) is 0.753. The van der Waals surface area contributed by atoms with E-state index in [-0.39, 0.29) is 17.0 Å². The Labute approximate surface area is 81.2 Å². The van der Waals surface area contributed by atoms with Gasteiger partial charge < -0.3 is 9.84 Å². The van der Waals surface area contributed by atoms with Gasteiger partial charge >= 0.3 is 0 Å². The van der Waals surface area contributed by atoms with Crippen molar-refractivity contribution < 1.29 is 9.32 Å². The maximum Gasteiger partial charge on any atom is 0.273 e. The fourth-order valence-electron chi connectivity index (χ4n) is 0.797. The van der Waals surface area contributed by atoms with E-state index in [1.807, 2.05) is 0 Å². The van der Waals surface area contributed by atoms with Gasteiger partial charge in [0.1, 0.15) is 5.76 Å². The molecule has 1 rings (SSSR count). The molecule has 1 amide bonds. The molecule has 1 N–H and O–H groups in total. The number of amides is 1. The zero-order chi connectivity index (χ0) is 9.84. The van der Waals surface area contributed by atoms with E-state index in [4.69, 9.17) is 16.1 Å². The highest BCUT2D eigenvalue weighted by atomic mass is 35.5. The third-order valence-corrected chi connectivity index (χ3v) is 1.56. The molecule has 1 unspecified atom stereocenters. The van der Waals surface area contributed by atoms with E-state index in [2.05, 4.69) is 10.5 Å². The fraction of sp³-hybridized carbons (Fsp3) is 0.500. The summed E-state index contributed by atoms with van der Waals surface area (Å²) in [5.74, 6) is 0.355. The zero-order valence-corrected chi connectivity index (χ0v) is 8.26. The van der Waals surface area contributed by atoms with Crippen molar-refractivity contribution >= 4 is 17.5 Å². The molecule has 0 saturated carbocycles. The maximum atomic E-state index is 11.3. The number of nitrogens with one attached hydrogen (secondary N) is 1. The molecule has 0 aromatic carbocycles. The van der Waals surface area contributed by atoms with Crippen molar-refractivity contribution in [3.63, 3.8) is 0 Å². The molecule has 1 atom stereocenters. The van der Waals surface area contributed by atoms with Crippen molar-refractivity contribution in [2.24, 2.45) is 0 Å². The fourth-order valence-corrected chi connectivity index (χ4v) is 0.874. The van der Waals surface area contributed by atoms with E-state index < -0.39 is 0 Å². The van der Waals surface area contributed by atoms with E-state index in [9.17, 15) is 4.79 Å². The van der Waals surface area contributed by atoms with Crippen molar-refractivity contribution in [3.05, 3.63) is 17.5 Å². The van der Waals surface area contributed by atoms with Crippen molar-refractivity contribution in [2.75, 3.05) is 6.54 Å². The maximum absolute atomic E-state index is 11.3. The van der Waals surface area contributed by atoms with Crippen LogP contribution in [0.4, 0.5) is 0 Å². The van der Waals surface area contributed by atoms with Crippen molar-refractivity contribution in [1.29, 1.82) is 0 Å². The summed E-state index contributed by atoms with van der Waals surface area (Å²) in [6, 6.07) is 1.58. The van der Waals surface area contributed by atoms with E-state index in [0.717, 1.165) is 0 Å². The number of carbonyl (C=O) groups excluding carboxylic acids is 1. The summed E-state index contributed by atoms with van der Waals surface area (Å²) < 4.78 is 4.75. The summed E-state index contributed by atoms with van der Waals surface area (Å²) in [5, 5.41) is 6.10. The topological polar surface area (TPSA) is 55.1 Å². The molecule has 0 radical (unpaired) electrons. The van der Waals surface area contributed by atoms with Crippen LogP contribution in [0.1, 0.15) is 23.2 Å².